The van der Waals surface area contributed by atoms with E-state index in [2.05, 4.69) is 17.1 Å². The number of hydrazone groups is 1. The van der Waals surface area contributed by atoms with Crippen molar-refractivity contribution in [3.63, 3.8) is 0 Å². The van der Waals surface area contributed by atoms with E-state index >= 15 is 0 Å². The molecule has 0 spiro atoms. The summed E-state index contributed by atoms with van der Waals surface area (Å²) in [5.41, 5.74) is 1.98. The molecule has 0 unspecified atom stereocenters. The van der Waals surface area contributed by atoms with Gasteiger partial charge in [-0.3, -0.25) is 4.79 Å². The van der Waals surface area contributed by atoms with Gasteiger partial charge in [-0.15, -0.1) is 12.4 Å². The molecule has 0 saturated carbocycles. The Hall–Kier alpha value is -2.09. The van der Waals surface area contributed by atoms with Crippen molar-refractivity contribution in [1.82, 2.24) is 9.91 Å². The number of piperidine rings is 1. The topological polar surface area (TPSA) is 63.6 Å². The van der Waals surface area contributed by atoms with Crippen LogP contribution in [0.15, 0.2) is 35.5 Å². The minimum absolute atomic E-state index is 0. The third kappa shape index (κ3) is 4.95. The minimum Gasteiger partial charge on any atom is -0.493 e. The van der Waals surface area contributed by atoms with Crippen molar-refractivity contribution in [2.24, 2.45) is 16.9 Å². The number of methoxy groups -OCH3 is 3. The molecule has 176 valence electrons. The summed E-state index contributed by atoms with van der Waals surface area (Å²) in [6.45, 7) is 3.61. The SMILES string of the molecule is COCCN1CCC(N2N=C(c3ccc(OC)c(OC)c3)[C@H]3CC=CC[C@H]3C2=O)CC1.Cl. The number of carbonyl (C=O) groups is 1. The van der Waals surface area contributed by atoms with Crippen molar-refractivity contribution in [2.75, 3.05) is 47.6 Å². The van der Waals surface area contributed by atoms with Crippen LogP contribution in [0.2, 0.25) is 0 Å². The monoisotopic (exact) mass is 463 g/mol. The molecule has 3 aliphatic rings. The maximum atomic E-state index is 13.4. The molecule has 0 aromatic heterocycles. The van der Waals surface area contributed by atoms with Crippen LogP contribution in [0.1, 0.15) is 31.2 Å². The fourth-order valence-electron chi connectivity index (χ4n) is 4.94. The number of likely N-dealkylation sites (tertiary alicyclic amines) is 1. The van der Waals surface area contributed by atoms with Crippen LogP contribution in [0.4, 0.5) is 0 Å². The molecule has 2 heterocycles. The molecule has 8 heteroatoms. The summed E-state index contributed by atoms with van der Waals surface area (Å²) in [6.07, 6.45) is 7.81. The average molecular weight is 464 g/mol. The van der Waals surface area contributed by atoms with Gasteiger partial charge < -0.3 is 19.1 Å². The van der Waals surface area contributed by atoms with E-state index in [1.807, 2.05) is 18.2 Å². The molecule has 4 rings (SSSR count). The van der Waals surface area contributed by atoms with Crippen LogP contribution in [-0.4, -0.2) is 75.1 Å². The molecule has 2 aliphatic heterocycles. The smallest absolute Gasteiger partial charge is 0.247 e. The first-order valence-corrected chi connectivity index (χ1v) is 11.2. The van der Waals surface area contributed by atoms with E-state index in [0.29, 0.717) is 11.5 Å². The van der Waals surface area contributed by atoms with Gasteiger partial charge in [-0.05, 0) is 43.9 Å². The summed E-state index contributed by atoms with van der Waals surface area (Å²) in [7, 11) is 5.01. The molecule has 1 amide bonds. The second kappa shape index (κ2) is 11.2. The Kier molecular flexibility index (Phi) is 8.57. The van der Waals surface area contributed by atoms with Gasteiger partial charge in [0.25, 0.3) is 0 Å². The number of fused-ring (bicyclic) bond motifs is 1. The Bertz CT molecular complexity index is 852. The minimum atomic E-state index is -0.0443. The molecule has 7 nitrogen and oxygen atoms in total. The van der Waals surface area contributed by atoms with Gasteiger partial charge in [-0.2, -0.15) is 5.10 Å². The quantitative estimate of drug-likeness (QED) is 0.580. The molecule has 0 bridgehead atoms. The summed E-state index contributed by atoms with van der Waals surface area (Å²) >= 11 is 0. The number of hydrogen-bond acceptors (Lipinski definition) is 6. The number of allylic oxidation sites excluding steroid dienone is 2. The second-order valence-electron chi connectivity index (χ2n) is 8.46. The van der Waals surface area contributed by atoms with Crippen LogP contribution in [0.5, 0.6) is 11.5 Å². The molecule has 1 aliphatic carbocycles. The van der Waals surface area contributed by atoms with Crippen molar-refractivity contribution >= 4 is 24.0 Å². The normalized spacial score (nSPS) is 23.9. The lowest BCUT2D eigenvalue weighted by Crippen LogP contribution is -2.52. The molecular formula is C24H34ClN3O4. The highest BCUT2D eigenvalue weighted by Crippen LogP contribution is 2.38. The standard InChI is InChI=1S/C24H33N3O4.ClH/c1-29-15-14-26-12-10-18(11-13-26)27-24(28)20-7-5-4-6-19(20)23(25-27)17-8-9-21(30-2)22(16-17)31-3;/h4-5,8-9,16,18-20H,6-7,10-15H2,1-3H3;1H/t19-,20+;/m0./s1. The highest BCUT2D eigenvalue weighted by Gasteiger charge is 2.42. The second-order valence-corrected chi connectivity index (χ2v) is 8.46. The van der Waals surface area contributed by atoms with E-state index in [4.69, 9.17) is 19.3 Å². The van der Waals surface area contributed by atoms with Gasteiger partial charge in [0.15, 0.2) is 11.5 Å². The Morgan fingerprint density at radius 1 is 1.00 bits per heavy atom. The molecule has 1 aromatic rings. The zero-order valence-corrected chi connectivity index (χ0v) is 20.0. The first kappa shape index (κ1) is 24.6. The molecular weight excluding hydrogens is 430 g/mol. The zero-order chi connectivity index (χ0) is 21.8. The number of ether oxygens (including phenoxy) is 3. The Labute approximate surface area is 196 Å². The van der Waals surface area contributed by atoms with Gasteiger partial charge >= 0.3 is 0 Å². The number of nitrogens with zero attached hydrogens (tertiary/aromatic N) is 3. The van der Waals surface area contributed by atoms with E-state index < -0.39 is 0 Å². The number of rotatable bonds is 7. The van der Waals surface area contributed by atoms with Gasteiger partial charge in [0.1, 0.15) is 0 Å². The number of benzene rings is 1. The lowest BCUT2D eigenvalue weighted by atomic mass is 9.76. The van der Waals surface area contributed by atoms with Crippen molar-refractivity contribution < 1.29 is 19.0 Å². The fraction of sp³-hybridized carbons (Fsp3) is 0.583. The molecule has 0 N–H and O–H groups in total. The number of hydrogen-bond donors (Lipinski definition) is 0. The predicted octanol–water partition coefficient (Wildman–Crippen LogP) is 3.37. The van der Waals surface area contributed by atoms with Crippen molar-refractivity contribution in [1.29, 1.82) is 0 Å². The van der Waals surface area contributed by atoms with E-state index in [1.165, 1.54) is 0 Å². The van der Waals surface area contributed by atoms with Crippen LogP contribution >= 0.6 is 12.4 Å². The van der Waals surface area contributed by atoms with Gasteiger partial charge in [-0.1, -0.05) is 12.2 Å². The summed E-state index contributed by atoms with van der Waals surface area (Å²) in [4.78, 5) is 15.8. The molecule has 1 fully saturated rings. The summed E-state index contributed by atoms with van der Waals surface area (Å²) < 4.78 is 16.1. The van der Waals surface area contributed by atoms with Crippen LogP contribution in [-0.2, 0) is 9.53 Å². The highest BCUT2D eigenvalue weighted by atomic mass is 35.5. The van der Waals surface area contributed by atoms with E-state index in [-0.39, 0.29) is 36.2 Å². The van der Waals surface area contributed by atoms with Gasteiger partial charge in [0.05, 0.1) is 38.5 Å². The first-order chi connectivity index (χ1) is 15.2. The number of halogens is 1. The molecule has 2 atom stereocenters. The van der Waals surface area contributed by atoms with Crippen LogP contribution in [0.3, 0.4) is 0 Å². The molecule has 32 heavy (non-hydrogen) atoms. The first-order valence-electron chi connectivity index (χ1n) is 11.2. The Balaban J connectivity index is 0.00000289. The number of amides is 1. The van der Waals surface area contributed by atoms with E-state index in [9.17, 15) is 4.79 Å². The van der Waals surface area contributed by atoms with Crippen LogP contribution in [0, 0.1) is 11.8 Å². The summed E-state index contributed by atoms with van der Waals surface area (Å²) in [5, 5.41) is 6.79. The van der Waals surface area contributed by atoms with Crippen LogP contribution in [0.25, 0.3) is 0 Å². The van der Waals surface area contributed by atoms with Crippen molar-refractivity contribution in [3.05, 3.63) is 35.9 Å². The lowest BCUT2D eigenvalue weighted by molar-refractivity contribution is -0.141. The van der Waals surface area contributed by atoms with E-state index in [1.54, 1.807) is 26.3 Å². The number of carbonyl (C=O) groups excluding carboxylic acids is 1. The van der Waals surface area contributed by atoms with Crippen molar-refractivity contribution in [3.8, 4) is 11.5 Å². The van der Waals surface area contributed by atoms with Gasteiger partial charge in [-0.25, -0.2) is 5.01 Å². The fourth-order valence-corrected chi connectivity index (χ4v) is 4.94. The highest BCUT2D eigenvalue weighted by molar-refractivity contribution is 6.07. The molecule has 1 aromatic carbocycles. The molecule has 1 saturated heterocycles. The van der Waals surface area contributed by atoms with Crippen molar-refractivity contribution in [2.45, 2.75) is 31.7 Å². The largest absolute Gasteiger partial charge is 0.493 e. The van der Waals surface area contributed by atoms with E-state index in [0.717, 1.165) is 63.2 Å². The lowest BCUT2D eigenvalue weighted by Gasteiger charge is -2.42. The van der Waals surface area contributed by atoms with Gasteiger partial charge in [0.2, 0.25) is 5.91 Å². The maximum absolute atomic E-state index is 13.4. The third-order valence-electron chi connectivity index (χ3n) is 6.74. The predicted molar refractivity (Wildman–Crippen MR) is 127 cm³/mol. The summed E-state index contributed by atoms with van der Waals surface area (Å²) in [5.74, 6) is 1.61. The Morgan fingerprint density at radius 3 is 2.34 bits per heavy atom. The average Bonchev–Trinajstić information content (AvgIpc) is 2.83. The Morgan fingerprint density at radius 2 is 1.69 bits per heavy atom. The van der Waals surface area contributed by atoms with Gasteiger partial charge in [0, 0.05) is 38.2 Å². The van der Waals surface area contributed by atoms with Crippen LogP contribution < -0.4 is 9.47 Å². The maximum Gasteiger partial charge on any atom is 0.247 e. The zero-order valence-electron chi connectivity index (χ0n) is 19.2. The third-order valence-corrected chi connectivity index (χ3v) is 6.74. The molecule has 0 radical (unpaired) electrons. The summed E-state index contributed by atoms with van der Waals surface area (Å²) in [6, 6.07) is 6.07.